The molecule has 1 aliphatic carbocycles. The highest BCUT2D eigenvalue weighted by Crippen LogP contribution is 2.39. The number of rotatable bonds is 4. The van der Waals surface area contributed by atoms with E-state index in [-0.39, 0.29) is 0 Å². The summed E-state index contributed by atoms with van der Waals surface area (Å²) in [5.41, 5.74) is 6.72. The van der Waals surface area contributed by atoms with E-state index < -0.39 is 0 Å². The standard InChI is InChI=1S/C20H22N4S.C6H6/c1-13(2)16-10-19(24(14(16)3)15-6-4-5-7-15)18-12-25-20(23-18)17-11-21-8-9-22-17;1-2-4-6-5-3-1/h8-12,15H,1,4-7H2,2-3H3;1-6H. The van der Waals surface area contributed by atoms with Gasteiger partial charge in [-0.2, -0.15) is 0 Å². The van der Waals surface area contributed by atoms with Crippen LogP contribution in [0.1, 0.15) is 49.9 Å². The molecule has 1 aromatic carbocycles. The molecular weight excluding hydrogens is 400 g/mol. The summed E-state index contributed by atoms with van der Waals surface area (Å²) in [6.07, 6.45) is 10.3. The highest BCUT2D eigenvalue weighted by Gasteiger charge is 2.24. The van der Waals surface area contributed by atoms with E-state index in [1.807, 2.05) is 36.4 Å². The monoisotopic (exact) mass is 428 g/mol. The van der Waals surface area contributed by atoms with Crippen molar-refractivity contribution in [1.82, 2.24) is 19.5 Å². The van der Waals surface area contributed by atoms with Gasteiger partial charge in [0.05, 0.1) is 17.6 Å². The second kappa shape index (κ2) is 9.84. The molecule has 3 heterocycles. The third-order valence-electron chi connectivity index (χ3n) is 5.66. The van der Waals surface area contributed by atoms with Crippen LogP contribution in [-0.4, -0.2) is 19.5 Å². The van der Waals surface area contributed by atoms with Crippen LogP contribution in [-0.2, 0) is 0 Å². The fourth-order valence-corrected chi connectivity index (χ4v) is 4.96. The summed E-state index contributed by atoms with van der Waals surface area (Å²) >= 11 is 1.62. The number of hydrogen-bond donors (Lipinski definition) is 0. The van der Waals surface area contributed by atoms with E-state index in [1.54, 1.807) is 29.9 Å². The normalized spacial score (nSPS) is 13.6. The first kappa shape index (κ1) is 21.2. The second-order valence-electron chi connectivity index (χ2n) is 7.90. The first-order valence-electron chi connectivity index (χ1n) is 10.7. The smallest absolute Gasteiger partial charge is 0.144 e. The minimum Gasteiger partial charge on any atom is -0.340 e. The third kappa shape index (κ3) is 4.83. The predicted molar refractivity (Wildman–Crippen MR) is 130 cm³/mol. The summed E-state index contributed by atoms with van der Waals surface area (Å²) in [6.45, 7) is 8.45. The van der Waals surface area contributed by atoms with Crippen LogP contribution in [0.15, 0.2) is 73.0 Å². The molecule has 0 aliphatic heterocycles. The Bertz CT molecular complexity index is 1100. The maximum atomic E-state index is 4.86. The number of benzene rings is 1. The Balaban J connectivity index is 0.000000334. The fraction of sp³-hybridized carbons (Fsp3) is 0.269. The molecule has 4 nitrogen and oxygen atoms in total. The van der Waals surface area contributed by atoms with Gasteiger partial charge in [0.25, 0.3) is 0 Å². The van der Waals surface area contributed by atoms with Crippen LogP contribution in [0.25, 0.3) is 27.7 Å². The van der Waals surface area contributed by atoms with Crippen molar-refractivity contribution >= 4 is 16.9 Å². The molecular formula is C26H28N4S. The van der Waals surface area contributed by atoms with Crippen molar-refractivity contribution in [3.63, 3.8) is 0 Å². The summed E-state index contributed by atoms with van der Waals surface area (Å²) in [5.74, 6) is 0. The van der Waals surface area contributed by atoms with Gasteiger partial charge < -0.3 is 4.57 Å². The summed E-state index contributed by atoms with van der Waals surface area (Å²) < 4.78 is 2.49. The average molecular weight is 429 g/mol. The fourth-order valence-electron chi connectivity index (χ4n) is 4.19. The highest BCUT2D eigenvalue weighted by molar-refractivity contribution is 7.13. The summed E-state index contributed by atoms with van der Waals surface area (Å²) in [7, 11) is 0. The Hall–Kier alpha value is -3.05. The summed E-state index contributed by atoms with van der Waals surface area (Å²) in [6, 6.07) is 14.8. The van der Waals surface area contributed by atoms with E-state index in [9.17, 15) is 0 Å². The van der Waals surface area contributed by atoms with E-state index in [0.717, 1.165) is 22.0 Å². The Kier molecular flexibility index (Phi) is 6.73. The Labute approximate surface area is 188 Å². The first-order chi connectivity index (χ1) is 15.1. The van der Waals surface area contributed by atoms with Gasteiger partial charge in [0.2, 0.25) is 0 Å². The molecule has 1 fully saturated rings. The average Bonchev–Trinajstić information content (AvgIpc) is 3.56. The van der Waals surface area contributed by atoms with Crippen LogP contribution in [0, 0.1) is 6.92 Å². The van der Waals surface area contributed by atoms with Crippen LogP contribution in [0.2, 0.25) is 0 Å². The zero-order valence-electron chi connectivity index (χ0n) is 18.2. The lowest BCUT2D eigenvalue weighted by molar-refractivity contribution is 0.514. The van der Waals surface area contributed by atoms with Crippen molar-refractivity contribution in [3.8, 4) is 22.1 Å². The molecule has 0 bridgehead atoms. The molecule has 0 saturated heterocycles. The minimum absolute atomic E-state index is 0.574. The van der Waals surface area contributed by atoms with E-state index >= 15 is 0 Å². The molecule has 5 heteroatoms. The molecule has 3 aromatic heterocycles. The molecule has 0 atom stereocenters. The topological polar surface area (TPSA) is 43.6 Å². The lowest BCUT2D eigenvalue weighted by Crippen LogP contribution is -2.08. The van der Waals surface area contributed by atoms with Gasteiger partial charge in [0.15, 0.2) is 0 Å². The van der Waals surface area contributed by atoms with Gasteiger partial charge in [-0.25, -0.2) is 4.98 Å². The second-order valence-corrected chi connectivity index (χ2v) is 8.76. The molecule has 4 aromatic rings. The van der Waals surface area contributed by atoms with Crippen LogP contribution in [0.5, 0.6) is 0 Å². The Morgan fingerprint density at radius 3 is 2.29 bits per heavy atom. The summed E-state index contributed by atoms with van der Waals surface area (Å²) in [5, 5.41) is 3.05. The van der Waals surface area contributed by atoms with Gasteiger partial charge >= 0.3 is 0 Å². The Morgan fingerprint density at radius 2 is 1.71 bits per heavy atom. The molecule has 31 heavy (non-hydrogen) atoms. The van der Waals surface area contributed by atoms with Crippen molar-refractivity contribution in [1.29, 1.82) is 0 Å². The quantitative estimate of drug-likeness (QED) is 0.345. The first-order valence-corrected chi connectivity index (χ1v) is 11.6. The molecule has 0 N–H and O–H groups in total. The zero-order valence-corrected chi connectivity index (χ0v) is 19.0. The zero-order chi connectivity index (χ0) is 21.6. The molecule has 5 rings (SSSR count). The molecule has 0 radical (unpaired) electrons. The highest BCUT2D eigenvalue weighted by atomic mass is 32.1. The molecule has 158 valence electrons. The SMILES string of the molecule is C=C(C)c1cc(-c2csc(-c3cnccn3)n2)n(C2CCCC2)c1C.c1ccccc1. The van der Waals surface area contributed by atoms with Crippen molar-refractivity contribution in [2.75, 3.05) is 0 Å². The molecule has 0 amide bonds. The van der Waals surface area contributed by atoms with Crippen molar-refractivity contribution in [2.24, 2.45) is 0 Å². The van der Waals surface area contributed by atoms with Crippen molar-refractivity contribution < 1.29 is 0 Å². The van der Waals surface area contributed by atoms with Gasteiger partial charge in [-0.05, 0) is 43.9 Å². The lowest BCUT2D eigenvalue weighted by Gasteiger charge is -2.18. The van der Waals surface area contributed by atoms with Gasteiger partial charge in [-0.15, -0.1) is 11.3 Å². The van der Waals surface area contributed by atoms with Gasteiger partial charge in [-0.1, -0.05) is 55.8 Å². The number of hydrogen-bond acceptors (Lipinski definition) is 4. The maximum absolute atomic E-state index is 4.86. The molecule has 1 aliphatic rings. The third-order valence-corrected chi connectivity index (χ3v) is 6.52. The van der Waals surface area contributed by atoms with Gasteiger partial charge in [-0.3, -0.25) is 9.97 Å². The largest absolute Gasteiger partial charge is 0.340 e. The number of thiazole rings is 1. The summed E-state index contributed by atoms with van der Waals surface area (Å²) in [4.78, 5) is 13.4. The van der Waals surface area contributed by atoms with Crippen molar-refractivity contribution in [2.45, 2.75) is 45.6 Å². The van der Waals surface area contributed by atoms with E-state index in [1.165, 1.54) is 42.6 Å². The van der Waals surface area contributed by atoms with Crippen LogP contribution in [0.4, 0.5) is 0 Å². The number of allylic oxidation sites excluding steroid dienone is 1. The van der Waals surface area contributed by atoms with Gasteiger partial charge in [0.1, 0.15) is 10.7 Å². The van der Waals surface area contributed by atoms with Gasteiger partial charge in [0, 0.05) is 29.5 Å². The van der Waals surface area contributed by atoms with E-state index in [2.05, 4.69) is 46.4 Å². The molecule has 0 unspecified atom stereocenters. The lowest BCUT2D eigenvalue weighted by atomic mass is 10.1. The number of nitrogens with zero attached hydrogens (tertiary/aromatic N) is 4. The van der Waals surface area contributed by atoms with E-state index in [0.29, 0.717) is 6.04 Å². The molecule has 0 spiro atoms. The van der Waals surface area contributed by atoms with E-state index in [4.69, 9.17) is 4.98 Å². The van der Waals surface area contributed by atoms with Crippen LogP contribution >= 0.6 is 11.3 Å². The number of aromatic nitrogens is 4. The maximum Gasteiger partial charge on any atom is 0.144 e. The van der Waals surface area contributed by atoms with Crippen LogP contribution in [0.3, 0.4) is 0 Å². The Morgan fingerprint density at radius 1 is 1.03 bits per heavy atom. The van der Waals surface area contributed by atoms with Crippen molar-refractivity contribution in [3.05, 3.63) is 84.3 Å². The van der Waals surface area contributed by atoms with Crippen LogP contribution < -0.4 is 0 Å². The predicted octanol–water partition coefficient (Wildman–Crippen LogP) is 7.21. The molecule has 1 saturated carbocycles. The minimum atomic E-state index is 0.574.